The van der Waals surface area contributed by atoms with E-state index in [4.69, 9.17) is 10.2 Å². The maximum absolute atomic E-state index is 13.5. The van der Waals surface area contributed by atoms with Crippen LogP contribution in [-0.4, -0.2) is 4.98 Å². The van der Waals surface area contributed by atoms with Crippen molar-refractivity contribution >= 4 is 28.5 Å². The zero-order valence-corrected chi connectivity index (χ0v) is 9.65. The second-order valence-electron chi connectivity index (χ2n) is 3.97. The van der Waals surface area contributed by atoms with E-state index < -0.39 is 11.6 Å². The Bertz CT molecular complexity index is 734. The molecule has 0 amide bonds. The molecule has 1 heterocycles. The number of nitrogens with one attached hydrogen (secondary N) is 1. The molecule has 0 saturated heterocycles. The molecule has 0 aliphatic rings. The molecule has 19 heavy (non-hydrogen) atoms. The number of hydrogen-bond acceptors (Lipinski definition) is 4. The van der Waals surface area contributed by atoms with Gasteiger partial charge in [-0.05, 0) is 24.3 Å². The lowest BCUT2D eigenvalue weighted by molar-refractivity contribution is 0.581. The van der Waals surface area contributed by atoms with Gasteiger partial charge in [-0.2, -0.15) is 4.98 Å². The summed E-state index contributed by atoms with van der Waals surface area (Å²) in [6, 6.07) is 8.49. The Morgan fingerprint density at radius 1 is 1.11 bits per heavy atom. The number of oxazole rings is 1. The molecule has 96 valence electrons. The van der Waals surface area contributed by atoms with Crippen LogP contribution in [-0.2, 0) is 0 Å². The fourth-order valence-corrected chi connectivity index (χ4v) is 1.72. The van der Waals surface area contributed by atoms with E-state index in [2.05, 4.69) is 10.3 Å². The zero-order valence-electron chi connectivity index (χ0n) is 9.65. The van der Waals surface area contributed by atoms with Crippen molar-refractivity contribution < 1.29 is 13.2 Å². The molecule has 0 atom stereocenters. The van der Waals surface area contributed by atoms with Crippen LogP contribution in [0.15, 0.2) is 40.8 Å². The molecule has 2 aromatic carbocycles. The third-order valence-electron chi connectivity index (χ3n) is 2.61. The van der Waals surface area contributed by atoms with Crippen molar-refractivity contribution in [2.45, 2.75) is 0 Å². The Labute approximate surface area is 106 Å². The van der Waals surface area contributed by atoms with E-state index in [1.54, 1.807) is 18.2 Å². The van der Waals surface area contributed by atoms with Crippen LogP contribution in [0.2, 0.25) is 0 Å². The molecule has 0 radical (unpaired) electrons. The predicted octanol–water partition coefficient (Wildman–Crippen LogP) is 3.43. The van der Waals surface area contributed by atoms with Crippen LogP contribution in [0.5, 0.6) is 0 Å². The highest BCUT2D eigenvalue weighted by Crippen LogP contribution is 2.26. The summed E-state index contributed by atoms with van der Waals surface area (Å²) in [5.74, 6) is -1.44. The lowest BCUT2D eigenvalue weighted by Crippen LogP contribution is -1.97. The number of fused-ring (bicyclic) bond motifs is 1. The van der Waals surface area contributed by atoms with Gasteiger partial charge in [0.2, 0.25) is 0 Å². The van der Waals surface area contributed by atoms with Crippen molar-refractivity contribution in [3.8, 4) is 0 Å². The van der Waals surface area contributed by atoms with E-state index in [1.807, 2.05) is 0 Å². The first-order valence-corrected chi connectivity index (χ1v) is 5.50. The molecule has 4 nitrogen and oxygen atoms in total. The Balaban J connectivity index is 2.01. The van der Waals surface area contributed by atoms with Crippen molar-refractivity contribution in [1.29, 1.82) is 0 Å². The minimum Gasteiger partial charge on any atom is -0.423 e. The average Bonchev–Trinajstić information content (AvgIpc) is 2.75. The van der Waals surface area contributed by atoms with E-state index in [-0.39, 0.29) is 11.7 Å². The van der Waals surface area contributed by atoms with Gasteiger partial charge in [0.25, 0.3) is 6.01 Å². The molecule has 0 unspecified atom stereocenters. The normalized spacial score (nSPS) is 10.8. The van der Waals surface area contributed by atoms with Gasteiger partial charge in [0.1, 0.15) is 22.8 Å². The third-order valence-corrected chi connectivity index (χ3v) is 2.61. The van der Waals surface area contributed by atoms with Crippen molar-refractivity contribution in [2.24, 2.45) is 0 Å². The average molecular weight is 261 g/mol. The fourth-order valence-electron chi connectivity index (χ4n) is 1.72. The Hall–Kier alpha value is -2.63. The lowest BCUT2D eigenvalue weighted by Gasteiger charge is -2.03. The Morgan fingerprint density at radius 3 is 2.58 bits per heavy atom. The van der Waals surface area contributed by atoms with E-state index in [0.717, 1.165) is 12.1 Å². The first kappa shape index (κ1) is 11.5. The quantitative estimate of drug-likeness (QED) is 0.694. The number of para-hydroxylation sites is 1. The molecular weight excluding hydrogens is 252 g/mol. The molecule has 0 saturated carbocycles. The minimum absolute atomic E-state index is 0.00426. The highest BCUT2D eigenvalue weighted by atomic mass is 19.1. The summed E-state index contributed by atoms with van der Waals surface area (Å²) in [4.78, 5) is 4.06. The van der Waals surface area contributed by atoms with Crippen molar-refractivity contribution in [1.82, 2.24) is 4.98 Å². The predicted molar refractivity (Wildman–Crippen MR) is 68.1 cm³/mol. The summed E-state index contributed by atoms with van der Waals surface area (Å²) >= 11 is 0. The first-order chi connectivity index (χ1) is 9.13. The Morgan fingerprint density at radius 2 is 1.84 bits per heavy atom. The number of nitrogens with two attached hydrogens (primary N) is 1. The number of anilines is 3. The number of nitrogen functional groups attached to an aromatic ring is 1. The number of benzene rings is 2. The summed E-state index contributed by atoms with van der Waals surface area (Å²) in [5, 5.41) is 2.48. The molecule has 0 fully saturated rings. The van der Waals surface area contributed by atoms with Crippen LogP contribution in [0, 0.1) is 11.6 Å². The third kappa shape index (κ3) is 2.08. The molecule has 3 aromatic rings. The van der Waals surface area contributed by atoms with Gasteiger partial charge in [0.15, 0.2) is 5.58 Å². The molecule has 0 aliphatic carbocycles. The maximum Gasteiger partial charge on any atom is 0.300 e. The summed E-state index contributed by atoms with van der Waals surface area (Å²) in [6.07, 6.45) is 0. The summed E-state index contributed by atoms with van der Waals surface area (Å²) < 4.78 is 32.3. The number of hydrogen-bond donors (Lipinski definition) is 2. The van der Waals surface area contributed by atoms with Gasteiger partial charge in [-0.15, -0.1) is 0 Å². The van der Waals surface area contributed by atoms with Gasteiger partial charge in [-0.1, -0.05) is 6.07 Å². The molecular formula is C13H9F2N3O. The standard InChI is InChI=1S/C13H9F2N3O/c14-8-2-1-3-9(15)12(8)18-13-17-10-5-4-7(16)6-11(10)19-13/h1-6H,16H2,(H,17,18). The summed E-state index contributed by atoms with van der Waals surface area (Å²) in [5.41, 5.74) is 6.82. The van der Waals surface area contributed by atoms with Gasteiger partial charge in [0.05, 0.1) is 0 Å². The molecule has 0 aliphatic heterocycles. The largest absolute Gasteiger partial charge is 0.423 e. The van der Waals surface area contributed by atoms with Crippen LogP contribution >= 0.6 is 0 Å². The fraction of sp³-hybridized carbons (Fsp3) is 0. The molecule has 0 bridgehead atoms. The van der Waals surface area contributed by atoms with Crippen LogP contribution in [0.4, 0.5) is 26.2 Å². The van der Waals surface area contributed by atoms with Gasteiger partial charge in [-0.25, -0.2) is 8.78 Å². The van der Waals surface area contributed by atoms with Gasteiger partial charge < -0.3 is 15.5 Å². The molecule has 6 heteroatoms. The molecule has 1 aromatic heterocycles. The SMILES string of the molecule is Nc1ccc2nc(Nc3c(F)cccc3F)oc2c1. The summed E-state index contributed by atoms with van der Waals surface area (Å²) in [7, 11) is 0. The number of nitrogens with zero attached hydrogens (tertiary/aromatic N) is 1. The van der Waals surface area contributed by atoms with E-state index in [9.17, 15) is 8.78 Å². The van der Waals surface area contributed by atoms with Crippen LogP contribution in [0.25, 0.3) is 11.1 Å². The van der Waals surface area contributed by atoms with E-state index in [0.29, 0.717) is 16.8 Å². The number of rotatable bonds is 2. The van der Waals surface area contributed by atoms with E-state index >= 15 is 0 Å². The monoisotopic (exact) mass is 261 g/mol. The highest BCUT2D eigenvalue weighted by molar-refractivity contribution is 5.78. The maximum atomic E-state index is 13.5. The zero-order chi connectivity index (χ0) is 13.4. The van der Waals surface area contributed by atoms with Gasteiger partial charge in [0, 0.05) is 11.8 Å². The van der Waals surface area contributed by atoms with Gasteiger partial charge in [-0.3, -0.25) is 0 Å². The van der Waals surface area contributed by atoms with Crippen molar-refractivity contribution in [3.05, 3.63) is 48.0 Å². The first-order valence-electron chi connectivity index (χ1n) is 5.50. The molecule has 3 N–H and O–H groups in total. The second-order valence-corrected chi connectivity index (χ2v) is 3.97. The van der Waals surface area contributed by atoms with Crippen molar-refractivity contribution in [3.63, 3.8) is 0 Å². The molecule has 3 rings (SSSR count). The summed E-state index contributed by atoms with van der Waals surface area (Å²) in [6.45, 7) is 0. The van der Waals surface area contributed by atoms with Gasteiger partial charge >= 0.3 is 0 Å². The minimum atomic E-state index is -0.721. The lowest BCUT2D eigenvalue weighted by atomic mass is 10.3. The topological polar surface area (TPSA) is 64.1 Å². The van der Waals surface area contributed by atoms with Crippen LogP contribution < -0.4 is 11.1 Å². The smallest absolute Gasteiger partial charge is 0.300 e. The second kappa shape index (κ2) is 4.24. The highest BCUT2D eigenvalue weighted by Gasteiger charge is 2.12. The van der Waals surface area contributed by atoms with Crippen molar-refractivity contribution in [2.75, 3.05) is 11.1 Å². The van der Waals surface area contributed by atoms with E-state index in [1.165, 1.54) is 6.07 Å². The number of aromatic nitrogens is 1. The number of halogens is 2. The van der Waals surface area contributed by atoms with Crippen LogP contribution in [0.3, 0.4) is 0 Å². The molecule has 0 spiro atoms. The van der Waals surface area contributed by atoms with Crippen LogP contribution in [0.1, 0.15) is 0 Å². The Kier molecular flexibility index (Phi) is 2.56.